The van der Waals surface area contributed by atoms with Gasteiger partial charge in [0.15, 0.2) is 0 Å². The molecule has 2 aliphatic rings. The highest BCUT2D eigenvalue weighted by Gasteiger charge is 2.32. The van der Waals surface area contributed by atoms with Crippen molar-refractivity contribution in [2.45, 2.75) is 64.1 Å². The zero-order valence-electron chi connectivity index (χ0n) is 19.0. The molecule has 0 radical (unpaired) electrons. The van der Waals surface area contributed by atoms with Gasteiger partial charge in [-0.3, -0.25) is 14.7 Å². The molecule has 1 aliphatic carbocycles. The van der Waals surface area contributed by atoms with Crippen molar-refractivity contribution in [2.24, 2.45) is 5.92 Å². The van der Waals surface area contributed by atoms with Crippen molar-refractivity contribution in [3.8, 4) is 0 Å². The number of hydrogen-bond acceptors (Lipinski definition) is 4. The highest BCUT2D eigenvalue weighted by atomic mass is 16.5. The lowest BCUT2D eigenvalue weighted by Crippen LogP contribution is -2.48. The van der Waals surface area contributed by atoms with E-state index in [4.69, 9.17) is 4.74 Å². The Hall–Kier alpha value is -2.67. The van der Waals surface area contributed by atoms with Crippen molar-refractivity contribution < 1.29 is 14.3 Å². The second-order valence-electron chi connectivity index (χ2n) is 9.35. The van der Waals surface area contributed by atoms with Gasteiger partial charge in [-0.2, -0.15) is 5.10 Å². The van der Waals surface area contributed by atoms with Crippen LogP contribution in [0.3, 0.4) is 0 Å². The van der Waals surface area contributed by atoms with E-state index in [1.807, 2.05) is 49.1 Å². The average Bonchev–Trinajstić information content (AvgIpc) is 3.27. The van der Waals surface area contributed by atoms with E-state index in [2.05, 4.69) is 15.5 Å². The van der Waals surface area contributed by atoms with Crippen LogP contribution in [0.25, 0.3) is 0 Å². The number of carbonyl (C=O) groups excluding carboxylic acids is 2. The number of carbonyl (C=O) groups is 2. The first kappa shape index (κ1) is 22.5. The van der Waals surface area contributed by atoms with Crippen LogP contribution in [-0.2, 0) is 16.0 Å². The van der Waals surface area contributed by atoms with Gasteiger partial charge >= 0.3 is 0 Å². The highest BCUT2D eigenvalue weighted by Crippen LogP contribution is 2.36. The predicted molar refractivity (Wildman–Crippen MR) is 122 cm³/mol. The summed E-state index contributed by atoms with van der Waals surface area (Å²) in [5.41, 5.74) is 2.70. The zero-order valence-corrected chi connectivity index (χ0v) is 19.0. The van der Waals surface area contributed by atoms with Gasteiger partial charge in [-0.15, -0.1) is 0 Å². The van der Waals surface area contributed by atoms with E-state index in [9.17, 15) is 9.59 Å². The van der Waals surface area contributed by atoms with Crippen molar-refractivity contribution in [3.05, 3.63) is 53.3 Å². The lowest BCUT2D eigenvalue weighted by molar-refractivity contribution is -0.120. The summed E-state index contributed by atoms with van der Waals surface area (Å²) >= 11 is 0. The van der Waals surface area contributed by atoms with Crippen LogP contribution in [0.4, 0.5) is 0 Å². The van der Waals surface area contributed by atoms with Crippen LogP contribution in [0.15, 0.2) is 36.5 Å². The van der Waals surface area contributed by atoms with E-state index in [0.29, 0.717) is 36.9 Å². The molecule has 32 heavy (non-hydrogen) atoms. The molecule has 0 spiro atoms. The Balaban J connectivity index is 1.27. The number of aromatic amines is 1. The lowest BCUT2D eigenvalue weighted by Gasteiger charge is -2.35. The number of benzene rings is 1. The Bertz CT molecular complexity index is 895. The molecule has 2 unspecified atom stereocenters. The van der Waals surface area contributed by atoms with E-state index in [1.54, 1.807) is 6.20 Å². The Labute approximate surface area is 189 Å². The number of H-pyrrole nitrogens is 1. The topological polar surface area (TPSA) is 87.3 Å². The van der Waals surface area contributed by atoms with Gasteiger partial charge in [0, 0.05) is 25.6 Å². The minimum absolute atomic E-state index is 0.0468. The molecule has 1 saturated carbocycles. The van der Waals surface area contributed by atoms with Gasteiger partial charge in [0.1, 0.15) is 0 Å². The second kappa shape index (κ2) is 10.3. The van der Waals surface area contributed by atoms with Crippen molar-refractivity contribution in [1.82, 2.24) is 20.4 Å². The Morgan fingerprint density at radius 1 is 1.09 bits per heavy atom. The van der Waals surface area contributed by atoms with Gasteiger partial charge in [0.2, 0.25) is 5.91 Å². The number of hydrogen-bond donors (Lipinski definition) is 2. The Morgan fingerprint density at radius 3 is 2.47 bits per heavy atom. The molecule has 1 aromatic carbocycles. The van der Waals surface area contributed by atoms with Crippen molar-refractivity contribution in [1.29, 1.82) is 0 Å². The highest BCUT2D eigenvalue weighted by molar-refractivity contribution is 5.95. The first-order chi connectivity index (χ1) is 15.5. The lowest BCUT2D eigenvalue weighted by atomic mass is 9.79. The van der Waals surface area contributed by atoms with Gasteiger partial charge in [-0.25, -0.2) is 0 Å². The van der Waals surface area contributed by atoms with Crippen LogP contribution in [0, 0.1) is 5.92 Å². The first-order valence-electron chi connectivity index (χ1n) is 11.8. The van der Waals surface area contributed by atoms with E-state index in [0.717, 1.165) is 43.5 Å². The molecule has 2 fully saturated rings. The smallest absolute Gasteiger partial charge is 0.257 e. The summed E-state index contributed by atoms with van der Waals surface area (Å²) in [5, 5.41) is 10.4. The van der Waals surface area contributed by atoms with Crippen molar-refractivity contribution in [3.63, 3.8) is 0 Å². The van der Waals surface area contributed by atoms with Crippen LogP contribution in [0.2, 0.25) is 0 Å². The molecule has 1 aromatic heterocycles. The zero-order chi connectivity index (χ0) is 22.5. The quantitative estimate of drug-likeness (QED) is 0.725. The molecule has 2 amide bonds. The van der Waals surface area contributed by atoms with Gasteiger partial charge in [-0.1, -0.05) is 30.3 Å². The monoisotopic (exact) mass is 438 g/mol. The summed E-state index contributed by atoms with van der Waals surface area (Å²) in [5.74, 6) is 0.914. The van der Waals surface area contributed by atoms with Crippen LogP contribution in [0.1, 0.15) is 67.1 Å². The predicted octanol–water partition coefficient (Wildman–Crippen LogP) is 3.29. The van der Waals surface area contributed by atoms with Crippen LogP contribution in [0.5, 0.6) is 0 Å². The third-order valence-electron chi connectivity index (χ3n) is 6.66. The summed E-state index contributed by atoms with van der Waals surface area (Å²) in [6.07, 6.45) is 6.27. The standard InChI is InChI=1S/C25H34N4O3/c1-17-15-29(16-18(2)32-17)25(31)22-14-27-28-24(22)21-10-8-20(9-11-21)13-26-23(30)12-19-6-4-3-5-7-19/h3-7,14,17-18,20-21H,8-13,15-16H2,1-2H3,(H,26,30)(H,27,28). The summed E-state index contributed by atoms with van der Waals surface area (Å²) in [6, 6.07) is 9.83. The summed E-state index contributed by atoms with van der Waals surface area (Å²) in [6.45, 7) is 5.96. The van der Waals surface area contributed by atoms with E-state index in [-0.39, 0.29) is 24.0 Å². The summed E-state index contributed by atoms with van der Waals surface area (Å²) in [7, 11) is 0. The normalized spacial score (nSPS) is 26.0. The Morgan fingerprint density at radius 2 is 1.78 bits per heavy atom. The average molecular weight is 439 g/mol. The van der Waals surface area contributed by atoms with Crippen LogP contribution >= 0.6 is 0 Å². The maximum atomic E-state index is 13.2. The number of ether oxygens (including phenoxy) is 1. The fourth-order valence-electron chi connectivity index (χ4n) is 5.05. The number of nitrogens with one attached hydrogen (secondary N) is 2. The fourth-order valence-corrected chi connectivity index (χ4v) is 5.05. The minimum atomic E-state index is 0.0468. The fraction of sp³-hybridized carbons (Fsp3) is 0.560. The number of morpholine rings is 1. The van der Waals surface area contributed by atoms with Crippen molar-refractivity contribution >= 4 is 11.8 Å². The molecule has 7 heteroatoms. The molecule has 1 aliphatic heterocycles. The maximum absolute atomic E-state index is 13.2. The molecule has 172 valence electrons. The van der Waals surface area contributed by atoms with Gasteiger partial charge in [0.05, 0.1) is 36.1 Å². The number of aromatic nitrogens is 2. The molecule has 2 N–H and O–H groups in total. The molecule has 7 nitrogen and oxygen atoms in total. The molecular weight excluding hydrogens is 404 g/mol. The van der Waals surface area contributed by atoms with Gasteiger partial charge in [0.25, 0.3) is 5.91 Å². The second-order valence-corrected chi connectivity index (χ2v) is 9.35. The number of nitrogens with zero attached hydrogens (tertiary/aromatic N) is 2. The third-order valence-corrected chi connectivity index (χ3v) is 6.66. The van der Waals surface area contributed by atoms with Gasteiger partial charge in [-0.05, 0) is 51.0 Å². The third kappa shape index (κ3) is 5.57. The van der Waals surface area contributed by atoms with E-state index >= 15 is 0 Å². The number of rotatable bonds is 6. The maximum Gasteiger partial charge on any atom is 0.257 e. The summed E-state index contributed by atoms with van der Waals surface area (Å²) < 4.78 is 5.77. The largest absolute Gasteiger partial charge is 0.372 e. The SMILES string of the molecule is CC1CN(C(=O)c2cn[nH]c2C2CCC(CNC(=O)Cc3ccccc3)CC2)CC(C)O1. The molecule has 2 atom stereocenters. The number of amides is 2. The van der Waals surface area contributed by atoms with Crippen LogP contribution < -0.4 is 5.32 Å². The summed E-state index contributed by atoms with van der Waals surface area (Å²) in [4.78, 5) is 27.3. The van der Waals surface area contributed by atoms with Crippen molar-refractivity contribution in [2.75, 3.05) is 19.6 Å². The molecule has 2 aromatic rings. The Kier molecular flexibility index (Phi) is 7.25. The van der Waals surface area contributed by atoms with E-state index < -0.39 is 0 Å². The van der Waals surface area contributed by atoms with E-state index in [1.165, 1.54) is 0 Å². The molecule has 0 bridgehead atoms. The van der Waals surface area contributed by atoms with Gasteiger partial charge < -0.3 is 15.0 Å². The van der Waals surface area contributed by atoms with Crippen LogP contribution in [-0.4, -0.2) is 58.8 Å². The molecule has 4 rings (SSSR count). The minimum Gasteiger partial charge on any atom is -0.372 e. The molecular formula is C25H34N4O3. The molecule has 1 saturated heterocycles. The first-order valence-corrected chi connectivity index (χ1v) is 11.8. The molecule has 2 heterocycles.